The molecule has 5 nitrogen and oxygen atoms in total. The highest BCUT2D eigenvalue weighted by Gasteiger charge is 2.15. The van der Waals surface area contributed by atoms with Crippen molar-refractivity contribution in [3.63, 3.8) is 0 Å². The Morgan fingerprint density at radius 2 is 2.22 bits per heavy atom. The monoisotopic (exact) mass is 310 g/mol. The second-order valence-electron chi connectivity index (χ2n) is 3.91. The predicted molar refractivity (Wildman–Crippen MR) is 70.2 cm³/mol. The lowest BCUT2D eigenvalue weighted by molar-refractivity contribution is -0.136. The third-order valence-corrected chi connectivity index (χ3v) is 3.08. The molecule has 1 aromatic carbocycles. The van der Waals surface area contributed by atoms with Crippen LogP contribution in [0.25, 0.3) is 5.69 Å². The number of aliphatic carboxylic acids is 1. The van der Waals surface area contributed by atoms with Crippen LogP contribution in [-0.4, -0.2) is 20.9 Å². The fourth-order valence-corrected chi connectivity index (χ4v) is 2.12. The fourth-order valence-electron chi connectivity index (χ4n) is 1.74. The molecule has 0 saturated carbocycles. The van der Waals surface area contributed by atoms with Crippen LogP contribution in [0.5, 0.6) is 0 Å². The minimum atomic E-state index is -1.02. The summed E-state index contributed by atoms with van der Waals surface area (Å²) in [6, 6.07) is 7.20. The summed E-state index contributed by atoms with van der Waals surface area (Å²) in [7, 11) is 0. The maximum Gasteiger partial charge on any atom is 0.308 e. The number of hydrogen-bond acceptors (Lipinski definition) is 2. The molecule has 0 radical (unpaired) electrons. The molecule has 0 spiro atoms. The molecule has 0 aliphatic carbocycles. The average Bonchev–Trinajstić information content (AvgIpc) is 2.56. The zero-order chi connectivity index (χ0) is 13.3. The summed E-state index contributed by atoms with van der Waals surface area (Å²) in [6.07, 6.45) is -0.276. The summed E-state index contributed by atoms with van der Waals surface area (Å²) in [5, 5.41) is 11.7. The van der Waals surface area contributed by atoms with Crippen molar-refractivity contribution in [2.24, 2.45) is 0 Å². The van der Waals surface area contributed by atoms with Crippen molar-refractivity contribution >= 4 is 21.9 Å². The Bertz CT molecular complexity index is 658. The predicted octanol–water partition coefficient (Wildman–Crippen LogP) is 1.86. The van der Waals surface area contributed by atoms with Crippen LogP contribution in [0.4, 0.5) is 0 Å². The molecule has 0 fully saturated rings. The maximum atomic E-state index is 12.1. The van der Waals surface area contributed by atoms with E-state index in [1.54, 1.807) is 25.1 Å². The normalized spacial score (nSPS) is 10.6. The van der Waals surface area contributed by atoms with Gasteiger partial charge in [0.25, 0.3) is 5.56 Å². The van der Waals surface area contributed by atoms with Crippen LogP contribution in [-0.2, 0) is 11.2 Å². The number of aromatic amines is 1. The largest absolute Gasteiger partial charge is 0.481 e. The standard InChI is InChI=1S/C12H11BrN2O3/c1-7-10(6-11(16)17)12(18)15(14-7)9-4-2-3-8(13)5-9/h2-5,14H,6H2,1H3,(H,16,17). The number of halogens is 1. The zero-order valence-corrected chi connectivity index (χ0v) is 11.2. The number of carboxylic acid groups (broad SMARTS) is 1. The van der Waals surface area contributed by atoms with Crippen LogP contribution in [0.2, 0.25) is 0 Å². The van der Waals surface area contributed by atoms with Crippen LogP contribution < -0.4 is 5.56 Å². The van der Waals surface area contributed by atoms with Gasteiger partial charge in [-0.2, -0.15) is 0 Å². The Kier molecular flexibility index (Phi) is 3.38. The van der Waals surface area contributed by atoms with Crippen molar-refractivity contribution in [3.05, 3.63) is 50.3 Å². The van der Waals surface area contributed by atoms with Gasteiger partial charge in [0, 0.05) is 10.2 Å². The Hall–Kier alpha value is -1.82. The highest BCUT2D eigenvalue weighted by Crippen LogP contribution is 2.14. The number of aryl methyl sites for hydroxylation is 1. The van der Waals surface area contributed by atoms with Gasteiger partial charge in [-0.25, -0.2) is 4.68 Å². The van der Waals surface area contributed by atoms with Gasteiger partial charge < -0.3 is 5.11 Å². The quantitative estimate of drug-likeness (QED) is 0.908. The number of aromatic nitrogens is 2. The summed E-state index contributed by atoms with van der Waals surface area (Å²) in [4.78, 5) is 22.8. The average molecular weight is 311 g/mol. The number of benzene rings is 1. The second-order valence-corrected chi connectivity index (χ2v) is 4.82. The Morgan fingerprint density at radius 1 is 1.50 bits per heavy atom. The Balaban J connectivity index is 2.54. The third kappa shape index (κ3) is 2.38. The number of carboxylic acids is 1. The number of hydrogen-bond donors (Lipinski definition) is 2. The van der Waals surface area contributed by atoms with Gasteiger partial charge in [-0.3, -0.25) is 14.7 Å². The van der Waals surface area contributed by atoms with Gasteiger partial charge in [0.1, 0.15) is 0 Å². The SMILES string of the molecule is Cc1[nH]n(-c2cccc(Br)c2)c(=O)c1CC(=O)O. The summed E-state index contributed by atoms with van der Waals surface area (Å²) in [6.45, 7) is 1.69. The van der Waals surface area contributed by atoms with Crippen LogP contribution >= 0.6 is 15.9 Å². The molecule has 6 heteroatoms. The van der Waals surface area contributed by atoms with E-state index in [0.29, 0.717) is 11.4 Å². The molecular formula is C12H11BrN2O3. The molecule has 2 N–H and O–H groups in total. The fraction of sp³-hybridized carbons (Fsp3) is 0.167. The van der Waals surface area contributed by atoms with E-state index < -0.39 is 5.97 Å². The van der Waals surface area contributed by atoms with Crippen molar-refractivity contribution in [2.45, 2.75) is 13.3 Å². The molecule has 2 rings (SSSR count). The van der Waals surface area contributed by atoms with Crippen LogP contribution in [0.3, 0.4) is 0 Å². The lowest BCUT2D eigenvalue weighted by atomic mass is 10.2. The van der Waals surface area contributed by atoms with Gasteiger partial charge in [-0.1, -0.05) is 22.0 Å². The molecule has 0 amide bonds. The first-order valence-electron chi connectivity index (χ1n) is 5.27. The summed E-state index contributed by atoms with van der Waals surface area (Å²) < 4.78 is 2.19. The summed E-state index contributed by atoms with van der Waals surface area (Å²) >= 11 is 3.33. The number of nitrogens with zero attached hydrogens (tertiary/aromatic N) is 1. The number of rotatable bonds is 3. The van der Waals surface area contributed by atoms with E-state index in [9.17, 15) is 9.59 Å². The summed E-state index contributed by atoms with van der Waals surface area (Å²) in [5.74, 6) is -1.02. The van der Waals surface area contributed by atoms with Gasteiger partial charge >= 0.3 is 5.97 Å². The van der Waals surface area contributed by atoms with E-state index >= 15 is 0 Å². The first kappa shape index (κ1) is 12.6. The highest BCUT2D eigenvalue weighted by atomic mass is 79.9. The highest BCUT2D eigenvalue weighted by molar-refractivity contribution is 9.10. The molecule has 0 aliphatic rings. The van der Waals surface area contributed by atoms with Gasteiger partial charge in [-0.05, 0) is 25.1 Å². The topological polar surface area (TPSA) is 75.1 Å². The van der Waals surface area contributed by atoms with Gasteiger partial charge in [0.05, 0.1) is 17.7 Å². The maximum absolute atomic E-state index is 12.1. The first-order valence-corrected chi connectivity index (χ1v) is 6.06. The van der Waals surface area contributed by atoms with E-state index in [4.69, 9.17) is 5.11 Å². The molecule has 0 aliphatic heterocycles. The minimum Gasteiger partial charge on any atom is -0.481 e. The number of carbonyl (C=O) groups is 1. The van der Waals surface area contributed by atoms with Crippen molar-refractivity contribution < 1.29 is 9.90 Å². The van der Waals surface area contributed by atoms with Crippen LogP contribution in [0.15, 0.2) is 33.5 Å². The van der Waals surface area contributed by atoms with E-state index in [-0.39, 0.29) is 17.5 Å². The van der Waals surface area contributed by atoms with Crippen molar-refractivity contribution in [1.29, 1.82) is 0 Å². The Morgan fingerprint density at radius 3 is 2.83 bits per heavy atom. The molecule has 2 aromatic rings. The first-order chi connectivity index (χ1) is 8.49. The van der Waals surface area contributed by atoms with Crippen molar-refractivity contribution in [2.75, 3.05) is 0 Å². The zero-order valence-electron chi connectivity index (χ0n) is 9.61. The Labute approximate surface area is 111 Å². The molecule has 94 valence electrons. The van der Waals surface area contributed by atoms with Gasteiger partial charge in [0.15, 0.2) is 0 Å². The smallest absolute Gasteiger partial charge is 0.308 e. The minimum absolute atomic E-state index is 0.276. The van der Waals surface area contributed by atoms with Crippen molar-refractivity contribution in [3.8, 4) is 5.69 Å². The lowest BCUT2D eigenvalue weighted by Gasteiger charge is -2.01. The third-order valence-electron chi connectivity index (χ3n) is 2.59. The van der Waals surface area contributed by atoms with Crippen LogP contribution in [0, 0.1) is 6.92 Å². The van der Waals surface area contributed by atoms with Crippen LogP contribution in [0.1, 0.15) is 11.3 Å². The van der Waals surface area contributed by atoms with E-state index in [1.165, 1.54) is 4.68 Å². The molecule has 0 unspecified atom stereocenters. The van der Waals surface area contributed by atoms with Crippen molar-refractivity contribution in [1.82, 2.24) is 9.78 Å². The van der Waals surface area contributed by atoms with Gasteiger partial charge in [0.2, 0.25) is 0 Å². The molecule has 1 heterocycles. The van der Waals surface area contributed by atoms with E-state index in [0.717, 1.165) is 4.47 Å². The second kappa shape index (κ2) is 4.81. The van der Waals surface area contributed by atoms with Gasteiger partial charge in [-0.15, -0.1) is 0 Å². The molecular weight excluding hydrogens is 300 g/mol. The molecule has 0 saturated heterocycles. The lowest BCUT2D eigenvalue weighted by Crippen LogP contribution is -2.19. The molecule has 0 atom stereocenters. The molecule has 18 heavy (non-hydrogen) atoms. The van der Waals surface area contributed by atoms with E-state index in [1.807, 2.05) is 6.07 Å². The molecule has 0 bridgehead atoms. The number of nitrogens with one attached hydrogen (secondary N) is 1. The van der Waals surface area contributed by atoms with E-state index in [2.05, 4.69) is 21.0 Å². The molecule has 1 aromatic heterocycles. The summed E-state index contributed by atoms with van der Waals surface area (Å²) in [5.41, 5.74) is 1.19. The number of H-pyrrole nitrogens is 1.